The average molecular weight is 1400 g/mol. The Morgan fingerprint density at radius 3 is 1.73 bits per heavy atom. The molecule has 1 aliphatic heterocycles. The van der Waals surface area contributed by atoms with Crippen LogP contribution in [0.15, 0.2) is 115 Å². The topological polar surface area (TPSA) is 273 Å². The summed E-state index contributed by atoms with van der Waals surface area (Å²) in [5, 5.41) is 0.557. The highest BCUT2D eigenvalue weighted by molar-refractivity contribution is 9.10. The second kappa shape index (κ2) is 24.6. The molecule has 9 aromatic rings. The Morgan fingerprint density at radius 1 is 0.667 bits per heavy atom. The molecule has 3 aliphatic rings. The number of hydrogen-bond acceptors (Lipinski definition) is 16. The maximum absolute atomic E-state index is 16.0. The smallest absolute Gasteiger partial charge is 0.399 e. The Balaban J connectivity index is 0.000000178. The molecule has 2 saturated carbocycles. The zero-order chi connectivity index (χ0) is 65.3. The van der Waals surface area contributed by atoms with Gasteiger partial charge in [0.15, 0.2) is 29.0 Å². The van der Waals surface area contributed by atoms with E-state index in [-0.39, 0.29) is 37.6 Å². The predicted molar refractivity (Wildman–Crippen MR) is 335 cm³/mol. The summed E-state index contributed by atoms with van der Waals surface area (Å²) in [6, 6.07) is 13.9. The second-order valence-corrected chi connectivity index (χ2v) is 29.8. The summed E-state index contributed by atoms with van der Waals surface area (Å²) in [5.41, 5.74) is -3.11. The molecular weight excluding hydrogens is 1340 g/mol. The van der Waals surface area contributed by atoms with E-state index in [0.29, 0.717) is 58.0 Å². The highest BCUT2D eigenvalue weighted by atomic mass is 79.9. The summed E-state index contributed by atoms with van der Waals surface area (Å²) in [4.78, 5) is 65.4. The van der Waals surface area contributed by atoms with Gasteiger partial charge in [-0.15, -0.1) is 0 Å². The highest BCUT2D eigenvalue weighted by Gasteiger charge is 2.52. The van der Waals surface area contributed by atoms with E-state index in [1.807, 2.05) is 27.7 Å². The quantitative estimate of drug-likeness (QED) is 0.0582. The normalized spacial score (nSPS) is 15.4. The van der Waals surface area contributed by atoms with Crippen molar-refractivity contribution in [2.45, 2.75) is 76.4 Å². The van der Waals surface area contributed by atoms with Crippen molar-refractivity contribution in [1.82, 2.24) is 34.5 Å². The molecule has 2 N–H and O–H groups in total. The average Bonchev–Trinajstić information content (AvgIpc) is 1.36. The monoisotopic (exact) mass is 1390 g/mol. The number of nitrogens with one attached hydrogen (secondary N) is 2. The molecule has 0 amide bonds. The standard InChI is InChI=1S/C30H27BCl2F2N2O8S2.C22H17F2N5O3S.C7H7BrN2/c1-29(2)30(3,4)45-31(44-29)16-10-13-23-18(14-16)19(15-36(23)28(39)24-20(32)8-7-9-21(24)33)27(38)17-11-12-22(34)26(25(17)35)37(46(5,40)41)47(6,42)43;1-33(31,32)29-19-17(23)5-4-14(18(19)24)20(30)16-10-28-22-15(16)6-12(7-27-22)13-8-25-21(26-9-13)11-2-3-11;8-6-3-9-7(10-4-6)5-1-2-5/h7-15H,1-6H3;4-11,29H,2-3H2,1H3,(H,27,28);3-5H,1-2H2. The molecule has 0 unspecified atom stereocenters. The minimum Gasteiger partial charge on any atom is -0.399 e. The number of halogens is 7. The van der Waals surface area contributed by atoms with Crippen LogP contribution in [0.3, 0.4) is 0 Å². The van der Waals surface area contributed by atoms with Gasteiger partial charge < -0.3 is 14.3 Å². The lowest BCUT2D eigenvalue weighted by molar-refractivity contribution is 0.00578. The van der Waals surface area contributed by atoms with Gasteiger partial charge in [0.05, 0.1) is 66.7 Å². The fourth-order valence-electron chi connectivity index (χ4n) is 9.57. The fourth-order valence-corrected chi connectivity index (χ4v) is 13.9. The van der Waals surface area contributed by atoms with Crippen LogP contribution in [0.25, 0.3) is 33.1 Å². The van der Waals surface area contributed by atoms with E-state index in [9.17, 15) is 52.8 Å². The van der Waals surface area contributed by atoms with Gasteiger partial charge in [0.2, 0.25) is 30.1 Å². The van der Waals surface area contributed by atoms with E-state index < -0.39 is 115 Å². The molecule has 1 saturated heterocycles. The number of fused-ring (bicyclic) bond motifs is 2. The summed E-state index contributed by atoms with van der Waals surface area (Å²) in [7, 11) is -14.4. The van der Waals surface area contributed by atoms with Crippen LogP contribution < -0.4 is 13.9 Å². The van der Waals surface area contributed by atoms with E-state index in [1.165, 1.54) is 49.4 Å². The molecule has 0 radical (unpaired) electrons. The van der Waals surface area contributed by atoms with Crippen molar-refractivity contribution in [3.8, 4) is 11.1 Å². The molecule has 0 spiro atoms. The number of H-pyrrole nitrogens is 1. The van der Waals surface area contributed by atoms with Crippen molar-refractivity contribution >= 4 is 133 Å². The number of carbonyl (C=O) groups is 3. The number of benzene rings is 4. The number of aromatic nitrogens is 7. The number of rotatable bonds is 14. The van der Waals surface area contributed by atoms with Crippen LogP contribution in [-0.2, 0) is 39.4 Å². The van der Waals surface area contributed by atoms with Gasteiger partial charge in [-0.2, -0.15) is 3.71 Å². The molecular formula is C59H51BBrCl2F4N9O11S3. The summed E-state index contributed by atoms with van der Waals surface area (Å²) in [6.45, 7) is 7.37. The van der Waals surface area contributed by atoms with Crippen LogP contribution in [0, 0.1) is 23.3 Å². The van der Waals surface area contributed by atoms with Crippen LogP contribution in [0.2, 0.25) is 10.0 Å². The van der Waals surface area contributed by atoms with Crippen LogP contribution in [0.5, 0.6) is 0 Å². The highest BCUT2D eigenvalue weighted by Crippen LogP contribution is 2.41. The molecule has 0 atom stereocenters. The van der Waals surface area contributed by atoms with Crippen molar-refractivity contribution in [3.05, 3.63) is 187 Å². The van der Waals surface area contributed by atoms with Crippen LogP contribution >= 0.6 is 39.1 Å². The molecule has 90 heavy (non-hydrogen) atoms. The SMILES string of the molecule is Brc1cnc(C2CC2)nc1.CC1(C)OB(c2ccc3c(c2)c(C(=O)c2ccc(F)c(N(S(C)(=O)=O)S(C)(=O)=O)c2F)cn3C(=O)c2c(Cl)cccc2Cl)OC1(C)C.CS(=O)(=O)Nc1c(F)ccc(C(=O)c2c[nH]c3ncc(-c4cnc(C5CC5)nc4)cc23)c1F. The summed E-state index contributed by atoms with van der Waals surface area (Å²) >= 11 is 15.9. The van der Waals surface area contributed by atoms with Gasteiger partial charge in [0.1, 0.15) is 34.5 Å². The molecule has 468 valence electrons. The van der Waals surface area contributed by atoms with E-state index in [0.717, 1.165) is 64.2 Å². The van der Waals surface area contributed by atoms with E-state index in [4.69, 9.17) is 32.5 Å². The number of sulfonamides is 3. The van der Waals surface area contributed by atoms with Gasteiger partial charge >= 0.3 is 7.12 Å². The fraction of sp³-hybridized carbons (Fsp3) is 0.254. The molecule has 2 aliphatic carbocycles. The molecule has 5 aromatic heterocycles. The van der Waals surface area contributed by atoms with Gasteiger partial charge in [-0.05, 0) is 123 Å². The summed E-state index contributed by atoms with van der Waals surface area (Å²) < 4.78 is 148. The van der Waals surface area contributed by atoms with Crippen LogP contribution in [-0.4, -0.2) is 114 Å². The first kappa shape index (κ1) is 65.4. The Kier molecular flexibility index (Phi) is 17.9. The largest absolute Gasteiger partial charge is 0.494 e. The summed E-state index contributed by atoms with van der Waals surface area (Å²) in [5.74, 6) is -5.48. The third kappa shape index (κ3) is 13.6. The van der Waals surface area contributed by atoms with E-state index in [2.05, 4.69) is 45.8 Å². The van der Waals surface area contributed by atoms with Crippen LogP contribution in [0.4, 0.5) is 28.9 Å². The number of hydrogen-bond donors (Lipinski definition) is 2. The van der Waals surface area contributed by atoms with Crippen molar-refractivity contribution in [3.63, 3.8) is 0 Å². The summed E-state index contributed by atoms with van der Waals surface area (Å²) in [6.07, 6.45) is 17.4. The molecule has 20 nitrogen and oxygen atoms in total. The van der Waals surface area contributed by atoms with Gasteiger partial charge in [-0.3, -0.25) is 23.7 Å². The number of carbonyl (C=O) groups excluding carboxylic acids is 3. The number of anilines is 2. The Hall–Kier alpha value is -7.51. The van der Waals surface area contributed by atoms with Crippen molar-refractivity contribution < 1.29 is 66.5 Å². The molecule has 3 fully saturated rings. The Bertz CT molecular complexity index is 4700. The molecule has 0 bridgehead atoms. The molecule has 4 aromatic carbocycles. The maximum atomic E-state index is 16.0. The third-order valence-electron chi connectivity index (χ3n) is 15.0. The van der Waals surface area contributed by atoms with Gasteiger partial charge in [0.25, 0.3) is 5.91 Å². The predicted octanol–water partition coefficient (Wildman–Crippen LogP) is 11.1. The molecule has 6 heterocycles. The van der Waals surface area contributed by atoms with Crippen molar-refractivity contribution in [2.24, 2.45) is 0 Å². The minimum absolute atomic E-state index is 0.0157. The first-order valence-corrected chi connectivity index (χ1v) is 34.3. The second-order valence-electron chi connectivity index (χ2n) is 22.4. The van der Waals surface area contributed by atoms with Crippen molar-refractivity contribution in [1.29, 1.82) is 0 Å². The zero-order valence-electron chi connectivity index (χ0n) is 48.4. The van der Waals surface area contributed by atoms with Crippen LogP contribution in [0.1, 0.15) is 119 Å². The number of ketones is 2. The van der Waals surface area contributed by atoms with Crippen molar-refractivity contribution in [2.75, 3.05) is 27.2 Å². The lowest BCUT2D eigenvalue weighted by atomic mass is 9.78. The first-order chi connectivity index (χ1) is 42.1. The Labute approximate surface area is 532 Å². The Morgan fingerprint density at radius 2 is 1.19 bits per heavy atom. The number of aromatic amines is 1. The molecule has 12 rings (SSSR count). The minimum atomic E-state index is -4.79. The zero-order valence-corrected chi connectivity index (χ0v) is 54.0. The van der Waals surface area contributed by atoms with Gasteiger partial charge in [-0.1, -0.05) is 41.4 Å². The number of pyridine rings is 1. The molecule has 31 heteroatoms. The maximum Gasteiger partial charge on any atom is 0.494 e. The van der Waals surface area contributed by atoms with E-state index >= 15 is 4.39 Å². The number of nitrogens with zero attached hydrogens (tertiary/aromatic N) is 7. The lowest BCUT2D eigenvalue weighted by Crippen LogP contribution is -2.41. The first-order valence-electron chi connectivity index (χ1n) is 27.1. The lowest BCUT2D eigenvalue weighted by Gasteiger charge is -2.32. The van der Waals surface area contributed by atoms with Gasteiger partial charge in [0, 0.05) is 88.2 Å². The van der Waals surface area contributed by atoms with Gasteiger partial charge in [-0.25, -0.2) is 67.7 Å². The van der Waals surface area contributed by atoms with E-state index in [1.54, 1.807) is 47.8 Å². The third-order valence-corrected chi connectivity index (χ3v) is 19.8.